The van der Waals surface area contributed by atoms with Crippen molar-refractivity contribution in [1.82, 2.24) is 10.9 Å². The fraction of sp³-hybridized carbons (Fsp3) is 0.385. The van der Waals surface area contributed by atoms with E-state index in [9.17, 15) is 9.18 Å². The highest BCUT2D eigenvalue weighted by Crippen LogP contribution is 2.13. The van der Waals surface area contributed by atoms with Crippen LogP contribution in [0.4, 0.5) is 14.9 Å². The van der Waals surface area contributed by atoms with Crippen molar-refractivity contribution >= 4 is 29.1 Å². The Morgan fingerprint density at radius 2 is 1.95 bits per heavy atom. The molecule has 0 saturated carbocycles. The Kier molecular flexibility index (Phi) is 5.26. The van der Waals surface area contributed by atoms with Crippen molar-refractivity contribution in [2.45, 2.75) is 33.3 Å². The second-order valence-corrected chi connectivity index (χ2v) is 5.58. The molecule has 0 aliphatic rings. The third kappa shape index (κ3) is 5.83. The molecule has 20 heavy (non-hydrogen) atoms. The molecule has 0 heterocycles. The zero-order chi connectivity index (χ0) is 15.3. The molecular weight excluding hydrogens is 281 g/mol. The first-order valence-corrected chi connectivity index (χ1v) is 6.40. The number of amides is 1. The summed E-state index contributed by atoms with van der Waals surface area (Å²) in [6, 6.07) is 4.62. The van der Waals surface area contributed by atoms with Gasteiger partial charge in [-0.3, -0.25) is 5.43 Å². The van der Waals surface area contributed by atoms with E-state index in [0.29, 0.717) is 11.3 Å². The molecule has 1 amide bonds. The normalized spacial score (nSPS) is 10.7. The fourth-order valence-electron chi connectivity index (χ4n) is 1.24. The summed E-state index contributed by atoms with van der Waals surface area (Å²) in [5.41, 5.74) is 5.17. The third-order valence-electron chi connectivity index (χ3n) is 2.11. The first kappa shape index (κ1) is 16.2. The molecule has 0 fully saturated rings. The standard InChI is InChI=1S/C13H18FN3O2S/c1-8-5-6-9(7-10(8)14)15-11(20)16-17-12(18)19-13(2,3)4/h5-7H,1-4H3,(H,17,18)(H2,15,16,20). The smallest absolute Gasteiger partial charge is 0.426 e. The zero-order valence-electron chi connectivity index (χ0n) is 11.8. The summed E-state index contributed by atoms with van der Waals surface area (Å²) < 4.78 is 18.3. The minimum atomic E-state index is -0.656. The van der Waals surface area contributed by atoms with Crippen LogP contribution in [0.3, 0.4) is 0 Å². The lowest BCUT2D eigenvalue weighted by Gasteiger charge is -2.20. The Morgan fingerprint density at radius 1 is 1.30 bits per heavy atom. The number of hydrogen-bond acceptors (Lipinski definition) is 3. The molecule has 3 N–H and O–H groups in total. The summed E-state index contributed by atoms with van der Waals surface area (Å²) in [6.45, 7) is 6.91. The van der Waals surface area contributed by atoms with Gasteiger partial charge in [0.2, 0.25) is 0 Å². The Labute approximate surface area is 122 Å². The molecule has 1 rings (SSSR count). The minimum Gasteiger partial charge on any atom is -0.443 e. The van der Waals surface area contributed by atoms with Crippen LogP contribution in [0, 0.1) is 12.7 Å². The maximum absolute atomic E-state index is 13.3. The molecule has 1 aromatic rings. The van der Waals surface area contributed by atoms with Crippen molar-refractivity contribution in [3.05, 3.63) is 29.6 Å². The van der Waals surface area contributed by atoms with Crippen LogP contribution in [0.25, 0.3) is 0 Å². The van der Waals surface area contributed by atoms with Crippen molar-refractivity contribution in [3.8, 4) is 0 Å². The maximum atomic E-state index is 13.3. The molecule has 0 unspecified atom stereocenters. The van der Waals surface area contributed by atoms with E-state index in [1.165, 1.54) is 6.07 Å². The zero-order valence-corrected chi connectivity index (χ0v) is 12.7. The molecule has 0 aliphatic heterocycles. The molecular formula is C13H18FN3O2S. The molecule has 0 aliphatic carbocycles. The average molecular weight is 299 g/mol. The number of anilines is 1. The highest BCUT2D eigenvalue weighted by molar-refractivity contribution is 7.80. The highest BCUT2D eigenvalue weighted by atomic mass is 32.1. The molecule has 0 saturated heterocycles. The molecule has 110 valence electrons. The number of aryl methyl sites for hydroxylation is 1. The second-order valence-electron chi connectivity index (χ2n) is 5.17. The van der Waals surface area contributed by atoms with Crippen LogP contribution >= 0.6 is 12.2 Å². The number of halogens is 1. The molecule has 0 radical (unpaired) electrons. The Bertz CT molecular complexity index is 515. The van der Waals surface area contributed by atoms with Gasteiger partial charge >= 0.3 is 6.09 Å². The SMILES string of the molecule is Cc1ccc(NC(=S)NNC(=O)OC(C)(C)C)cc1F. The number of nitrogens with one attached hydrogen (secondary N) is 3. The third-order valence-corrected chi connectivity index (χ3v) is 2.31. The van der Waals surface area contributed by atoms with Crippen molar-refractivity contribution in [2.24, 2.45) is 0 Å². The van der Waals surface area contributed by atoms with Crippen LogP contribution in [0.2, 0.25) is 0 Å². The highest BCUT2D eigenvalue weighted by Gasteiger charge is 2.15. The van der Waals surface area contributed by atoms with Gasteiger partial charge in [-0.15, -0.1) is 0 Å². The first-order chi connectivity index (χ1) is 9.17. The number of rotatable bonds is 1. The van der Waals surface area contributed by atoms with E-state index < -0.39 is 11.7 Å². The largest absolute Gasteiger partial charge is 0.443 e. The number of benzene rings is 1. The molecule has 0 spiro atoms. The fourth-order valence-corrected chi connectivity index (χ4v) is 1.41. The number of carbonyl (C=O) groups is 1. The Hall–Kier alpha value is -1.89. The van der Waals surface area contributed by atoms with E-state index in [1.807, 2.05) is 0 Å². The van der Waals surface area contributed by atoms with Crippen molar-refractivity contribution in [1.29, 1.82) is 0 Å². The maximum Gasteiger partial charge on any atom is 0.426 e. The number of thiocarbonyl (C=S) groups is 1. The lowest BCUT2D eigenvalue weighted by atomic mass is 10.2. The molecule has 0 atom stereocenters. The molecule has 1 aromatic carbocycles. The summed E-state index contributed by atoms with van der Waals surface area (Å²) in [4.78, 5) is 11.4. The minimum absolute atomic E-state index is 0.124. The van der Waals surface area contributed by atoms with Crippen LogP contribution in [0.15, 0.2) is 18.2 Å². The van der Waals surface area contributed by atoms with E-state index in [2.05, 4.69) is 16.2 Å². The number of hydrazine groups is 1. The summed E-state index contributed by atoms with van der Waals surface area (Å²) in [5.74, 6) is -0.335. The van der Waals surface area contributed by atoms with Crippen LogP contribution in [-0.2, 0) is 4.74 Å². The van der Waals surface area contributed by atoms with Gasteiger partial charge in [-0.2, -0.15) is 0 Å². The topological polar surface area (TPSA) is 62.4 Å². The Morgan fingerprint density at radius 3 is 2.50 bits per heavy atom. The van der Waals surface area contributed by atoms with Gasteiger partial charge in [-0.25, -0.2) is 14.6 Å². The number of ether oxygens (including phenoxy) is 1. The molecule has 7 heteroatoms. The van der Waals surface area contributed by atoms with Gasteiger partial charge in [0, 0.05) is 5.69 Å². The first-order valence-electron chi connectivity index (χ1n) is 5.99. The Balaban J connectivity index is 2.44. The van der Waals surface area contributed by atoms with E-state index in [1.54, 1.807) is 39.8 Å². The van der Waals surface area contributed by atoms with Gasteiger partial charge < -0.3 is 10.1 Å². The van der Waals surface area contributed by atoms with Gasteiger partial charge in [-0.1, -0.05) is 6.07 Å². The predicted molar refractivity (Wildman–Crippen MR) is 79.9 cm³/mol. The van der Waals surface area contributed by atoms with E-state index in [4.69, 9.17) is 17.0 Å². The lowest BCUT2D eigenvalue weighted by Crippen LogP contribution is -2.45. The predicted octanol–water partition coefficient (Wildman–Crippen LogP) is 2.86. The quantitative estimate of drug-likeness (QED) is 0.550. The van der Waals surface area contributed by atoms with Gasteiger partial charge in [0.15, 0.2) is 5.11 Å². The van der Waals surface area contributed by atoms with Crippen LogP contribution in [0.5, 0.6) is 0 Å². The monoisotopic (exact) mass is 299 g/mol. The molecule has 0 aromatic heterocycles. The summed E-state index contributed by atoms with van der Waals surface area (Å²) >= 11 is 4.96. The van der Waals surface area contributed by atoms with Crippen molar-refractivity contribution in [2.75, 3.05) is 5.32 Å². The van der Waals surface area contributed by atoms with Crippen molar-refractivity contribution < 1.29 is 13.9 Å². The van der Waals surface area contributed by atoms with E-state index in [-0.39, 0.29) is 10.9 Å². The second kappa shape index (κ2) is 6.51. The average Bonchev–Trinajstić information content (AvgIpc) is 2.29. The van der Waals surface area contributed by atoms with Gasteiger partial charge in [-0.05, 0) is 57.6 Å². The van der Waals surface area contributed by atoms with Crippen LogP contribution in [0.1, 0.15) is 26.3 Å². The van der Waals surface area contributed by atoms with Gasteiger partial charge in [0.05, 0.1) is 0 Å². The lowest BCUT2D eigenvalue weighted by molar-refractivity contribution is 0.0513. The summed E-state index contributed by atoms with van der Waals surface area (Å²) in [5, 5.41) is 2.86. The summed E-state index contributed by atoms with van der Waals surface area (Å²) in [6.07, 6.45) is -0.656. The van der Waals surface area contributed by atoms with Gasteiger partial charge in [0.1, 0.15) is 11.4 Å². The number of carbonyl (C=O) groups excluding carboxylic acids is 1. The molecule has 5 nitrogen and oxygen atoms in total. The summed E-state index contributed by atoms with van der Waals surface area (Å²) in [7, 11) is 0. The van der Waals surface area contributed by atoms with Crippen LogP contribution in [-0.4, -0.2) is 16.8 Å². The van der Waals surface area contributed by atoms with Gasteiger partial charge in [0.25, 0.3) is 0 Å². The van der Waals surface area contributed by atoms with E-state index >= 15 is 0 Å². The number of hydrogen-bond donors (Lipinski definition) is 3. The van der Waals surface area contributed by atoms with Crippen LogP contribution < -0.4 is 16.2 Å². The molecule has 0 bridgehead atoms. The van der Waals surface area contributed by atoms with Crippen molar-refractivity contribution in [3.63, 3.8) is 0 Å². The van der Waals surface area contributed by atoms with E-state index in [0.717, 1.165) is 0 Å².